The van der Waals surface area contributed by atoms with E-state index in [-0.39, 0.29) is 5.41 Å². The minimum Gasteiger partial charge on any atom is -0.308 e. The molecular formula is C39H25NS2. The Hall–Kier alpha value is -4.44. The van der Waals surface area contributed by atoms with E-state index in [9.17, 15) is 0 Å². The topological polar surface area (TPSA) is 4.93 Å². The van der Waals surface area contributed by atoms with Crippen molar-refractivity contribution in [1.82, 2.24) is 4.57 Å². The lowest BCUT2D eigenvalue weighted by atomic mass is 9.82. The molecule has 198 valence electrons. The Kier molecular flexibility index (Phi) is 4.35. The van der Waals surface area contributed by atoms with Crippen LogP contribution < -0.4 is 0 Å². The molecule has 0 atom stereocenters. The first kappa shape index (κ1) is 23.2. The monoisotopic (exact) mass is 571 g/mol. The van der Waals surface area contributed by atoms with Gasteiger partial charge in [-0.3, -0.25) is 0 Å². The highest BCUT2D eigenvalue weighted by molar-refractivity contribution is 7.30. The normalized spacial score (nSPS) is 14.1. The summed E-state index contributed by atoms with van der Waals surface area (Å²) in [5.74, 6) is 0. The summed E-state index contributed by atoms with van der Waals surface area (Å²) in [7, 11) is 0. The van der Waals surface area contributed by atoms with Gasteiger partial charge in [-0.2, -0.15) is 0 Å². The third-order valence-electron chi connectivity index (χ3n) is 9.58. The Bertz CT molecular complexity index is 2610. The fourth-order valence-corrected chi connectivity index (χ4v) is 10.3. The van der Waals surface area contributed by atoms with Crippen molar-refractivity contribution in [3.05, 3.63) is 126 Å². The van der Waals surface area contributed by atoms with Crippen molar-refractivity contribution >= 4 is 84.8 Å². The Morgan fingerprint density at radius 1 is 0.524 bits per heavy atom. The number of hydrogen-bond acceptors (Lipinski definition) is 2. The summed E-state index contributed by atoms with van der Waals surface area (Å²) in [6, 6.07) is 43.0. The van der Waals surface area contributed by atoms with Crippen molar-refractivity contribution in [1.29, 1.82) is 0 Å². The molecule has 0 amide bonds. The number of benzene rings is 6. The van der Waals surface area contributed by atoms with E-state index in [0.29, 0.717) is 0 Å². The van der Waals surface area contributed by atoms with Gasteiger partial charge in [-0.05, 0) is 52.6 Å². The van der Waals surface area contributed by atoms with Crippen LogP contribution in [0.5, 0.6) is 0 Å². The predicted octanol–water partition coefficient (Wildman–Crippen LogP) is 11.8. The minimum absolute atomic E-state index is 0.0511. The summed E-state index contributed by atoms with van der Waals surface area (Å²) in [6.07, 6.45) is 0. The van der Waals surface area contributed by atoms with Gasteiger partial charge in [-0.15, -0.1) is 22.7 Å². The summed E-state index contributed by atoms with van der Waals surface area (Å²) in [5.41, 5.74) is 9.32. The number of rotatable bonds is 1. The van der Waals surface area contributed by atoms with Crippen LogP contribution in [0.25, 0.3) is 79.0 Å². The van der Waals surface area contributed by atoms with E-state index in [4.69, 9.17) is 0 Å². The first-order chi connectivity index (χ1) is 20.6. The molecule has 0 spiro atoms. The van der Waals surface area contributed by atoms with Crippen molar-refractivity contribution in [3.63, 3.8) is 0 Å². The largest absolute Gasteiger partial charge is 0.308 e. The van der Waals surface area contributed by atoms with Crippen molar-refractivity contribution in [3.8, 4) is 16.8 Å². The molecule has 10 rings (SSSR count). The van der Waals surface area contributed by atoms with Gasteiger partial charge in [-0.25, -0.2) is 0 Å². The maximum atomic E-state index is 2.56. The van der Waals surface area contributed by atoms with Crippen LogP contribution in [0.4, 0.5) is 0 Å². The zero-order chi connectivity index (χ0) is 27.7. The maximum absolute atomic E-state index is 2.56. The third kappa shape index (κ3) is 2.74. The second-order valence-corrected chi connectivity index (χ2v) is 14.2. The average Bonchev–Trinajstić information content (AvgIpc) is 3.74. The summed E-state index contributed by atoms with van der Waals surface area (Å²) >= 11 is 3.89. The molecule has 3 heteroatoms. The molecule has 9 aromatic rings. The zero-order valence-corrected chi connectivity index (χ0v) is 24.9. The van der Waals surface area contributed by atoms with Crippen molar-refractivity contribution in [2.24, 2.45) is 0 Å². The van der Waals surface area contributed by atoms with E-state index in [2.05, 4.69) is 134 Å². The molecule has 6 aromatic carbocycles. The average molecular weight is 572 g/mol. The molecule has 0 fully saturated rings. The molecule has 0 N–H and O–H groups in total. The van der Waals surface area contributed by atoms with E-state index < -0.39 is 0 Å². The molecule has 42 heavy (non-hydrogen) atoms. The van der Waals surface area contributed by atoms with Gasteiger partial charge in [-0.1, -0.05) is 98.8 Å². The molecule has 0 aliphatic heterocycles. The summed E-state index contributed by atoms with van der Waals surface area (Å²) in [6.45, 7) is 4.75. The molecule has 1 nitrogen and oxygen atoms in total. The van der Waals surface area contributed by atoms with E-state index in [0.717, 1.165) is 0 Å². The molecule has 1 aliphatic carbocycles. The van der Waals surface area contributed by atoms with E-state index in [1.54, 1.807) is 0 Å². The third-order valence-corrected chi connectivity index (χ3v) is 11.9. The molecule has 0 unspecified atom stereocenters. The molecule has 1 aliphatic rings. The molecular weight excluding hydrogens is 547 g/mol. The lowest BCUT2D eigenvalue weighted by Crippen LogP contribution is -2.15. The van der Waals surface area contributed by atoms with E-state index >= 15 is 0 Å². The molecule has 0 saturated carbocycles. The molecule has 0 saturated heterocycles. The highest BCUT2D eigenvalue weighted by Gasteiger charge is 2.35. The van der Waals surface area contributed by atoms with Crippen molar-refractivity contribution < 1.29 is 0 Å². The Balaban J connectivity index is 1.44. The maximum Gasteiger partial charge on any atom is 0.0727 e. The summed E-state index contributed by atoms with van der Waals surface area (Å²) < 4.78 is 8.05. The molecule has 0 radical (unpaired) electrons. The van der Waals surface area contributed by atoms with Crippen LogP contribution in [-0.4, -0.2) is 4.57 Å². The lowest BCUT2D eigenvalue weighted by Gasteiger charge is -2.22. The highest BCUT2D eigenvalue weighted by atomic mass is 32.1. The van der Waals surface area contributed by atoms with Crippen LogP contribution in [0.15, 0.2) is 115 Å². The quantitative estimate of drug-likeness (QED) is 0.185. The molecule has 3 aromatic heterocycles. The van der Waals surface area contributed by atoms with Crippen LogP contribution in [-0.2, 0) is 5.41 Å². The van der Waals surface area contributed by atoms with Gasteiger partial charge in [0, 0.05) is 57.5 Å². The lowest BCUT2D eigenvalue weighted by molar-refractivity contribution is 0.660. The Morgan fingerprint density at radius 2 is 1.14 bits per heavy atom. The second kappa shape index (κ2) is 7.89. The van der Waals surface area contributed by atoms with Gasteiger partial charge >= 0.3 is 0 Å². The van der Waals surface area contributed by atoms with Gasteiger partial charge in [0.1, 0.15) is 0 Å². The zero-order valence-electron chi connectivity index (χ0n) is 23.2. The first-order valence-corrected chi connectivity index (χ1v) is 16.2. The van der Waals surface area contributed by atoms with Gasteiger partial charge in [0.2, 0.25) is 0 Å². The van der Waals surface area contributed by atoms with Crippen LogP contribution in [0.3, 0.4) is 0 Å². The number of fused-ring (bicyclic) bond motifs is 15. The Morgan fingerprint density at radius 3 is 1.95 bits per heavy atom. The van der Waals surface area contributed by atoms with Gasteiger partial charge in [0.15, 0.2) is 0 Å². The van der Waals surface area contributed by atoms with Gasteiger partial charge < -0.3 is 4.57 Å². The number of para-hydroxylation sites is 1. The van der Waals surface area contributed by atoms with E-state index in [1.165, 1.54) is 90.1 Å². The predicted molar refractivity (Wildman–Crippen MR) is 184 cm³/mol. The van der Waals surface area contributed by atoms with Crippen molar-refractivity contribution in [2.45, 2.75) is 19.3 Å². The number of aromatic nitrogens is 1. The first-order valence-electron chi connectivity index (χ1n) is 14.5. The number of nitrogens with zero attached hydrogens (tertiary/aromatic N) is 1. The van der Waals surface area contributed by atoms with Crippen LogP contribution in [0.1, 0.15) is 25.0 Å². The van der Waals surface area contributed by atoms with Crippen LogP contribution >= 0.6 is 22.7 Å². The minimum atomic E-state index is -0.0511. The van der Waals surface area contributed by atoms with Crippen molar-refractivity contribution in [2.75, 3.05) is 0 Å². The standard InChI is InChI=1S/C39H25NS2/c1-39(2)28-15-7-3-11-23(28)24-20-19-22(21-29(24)39)40-30-16-8-4-12-25(30)33-34-26-13-5-9-17-31(26)41-37(34)35-27-14-6-10-18-32(27)42-38(35)36(33)40/h3-21H,1-2H3. The van der Waals surface area contributed by atoms with Gasteiger partial charge in [0.25, 0.3) is 0 Å². The fourth-order valence-electron chi connectivity index (χ4n) is 7.71. The van der Waals surface area contributed by atoms with Crippen LogP contribution in [0, 0.1) is 0 Å². The Labute approximate surface area is 250 Å². The van der Waals surface area contributed by atoms with Gasteiger partial charge in [0.05, 0.1) is 15.7 Å². The smallest absolute Gasteiger partial charge is 0.0727 e. The summed E-state index contributed by atoms with van der Waals surface area (Å²) in [5, 5.41) is 8.21. The van der Waals surface area contributed by atoms with Crippen LogP contribution in [0.2, 0.25) is 0 Å². The van der Waals surface area contributed by atoms with E-state index in [1.807, 2.05) is 22.7 Å². The SMILES string of the molecule is CC1(C)c2ccccc2-c2ccc(-n3c4ccccc4c4c5c6ccccc6sc5c5c6ccccc6sc5c43)cc21. The fraction of sp³-hybridized carbons (Fsp3) is 0.0769. The summed E-state index contributed by atoms with van der Waals surface area (Å²) in [4.78, 5) is 0. The second-order valence-electron chi connectivity index (χ2n) is 12.1. The molecule has 3 heterocycles. The highest BCUT2D eigenvalue weighted by Crippen LogP contribution is 2.53. The molecule has 0 bridgehead atoms. The number of thiophene rings is 2. The number of hydrogen-bond donors (Lipinski definition) is 0.